The monoisotopic (exact) mass is 407 g/mol. The quantitative estimate of drug-likeness (QED) is 0.491. The molecule has 10 heteroatoms. The Balaban J connectivity index is 1.39. The van der Waals surface area contributed by atoms with E-state index in [9.17, 15) is 0 Å². The predicted molar refractivity (Wildman–Crippen MR) is 114 cm³/mol. The fourth-order valence-corrected chi connectivity index (χ4v) is 4.02. The number of aromatic nitrogens is 7. The Labute approximate surface area is 174 Å². The Hall–Kier alpha value is -3.27. The van der Waals surface area contributed by atoms with Gasteiger partial charge in [-0.2, -0.15) is 9.61 Å². The Bertz CT molecular complexity index is 1190. The molecular weight excluding hydrogens is 382 g/mol. The molecule has 0 N–H and O–H groups in total. The molecule has 10 nitrogen and oxygen atoms in total. The third kappa shape index (κ3) is 3.22. The van der Waals surface area contributed by atoms with Gasteiger partial charge in [0.25, 0.3) is 0 Å². The van der Waals surface area contributed by atoms with Gasteiger partial charge in [-0.3, -0.25) is 0 Å². The van der Waals surface area contributed by atoms with Crippen LogP contribution < -0.4 is 9.80 Å². The van der Waals surface area contributed by atoms with E-state index < -0.39 is 0 Å². The van der Waals surface area contributed by atoms with Crippen LogP contribution in [-0.4, -0.2) is 74.0 Å². The lowest BCUT2D eigenvalue weighted by Crippen LogP contribution is -2.47. The summed E-state index contributed by atoms with van der Waals surface area (Å²) in [6.07, 6.45) is 3.44. The number of piperazine rings is 1. The molecule has 0 aliphatic carbocycles. The molecule has 0 aromatic carbocycles. The van der Waals surface area contributed by atoms with Gasteiger partial charge in [-0.15, -0.1) is 0 Å². The number of anilines is 2. The van der Waals surface area contributed by atoms with Crippen molar-refractivity contribution in [2.75, 3.05) is 49.7 Å². The van der Waals surface area contributed by atoms with Crippen molar-refractivity contribution in [1.29, 1.82) is 0 Å². The molecule has 4 aromatic rings. The predicted octanol–water partition coefficient (Wildman–Crippen LogP) is 1.46. The fourth-order valence-electron chi connectivity index (χ4n) is 4.02. The summed E-state index contributed by atoms with van der Waals surface area (Å²) in [4.78, 5) is 22.8. The summed E-state index contributed by atoms with van der Waals surface area (Å²) in [5, 5.41) is 4.63. The summed E-state index contributed by atoms with van der Waals surface area (Å²) in [5.41, 5.74) is 4.55. The van der Waals surface area contributed by atoms with Gasteiger partial charge in [-0.05, 0) is 13.8 Å². The number of methoxy groups -OCH3 is 1. The SMILES string of the molecule is COCCn1cnc2c(N3CCN(c4cc(C)nc5cc(C)nn45)CC3)ncnc21. The van der Waals surface area contributed by atoms with E-state index in [1.165, 1.54) is 0 Å². The van der Waals surface area contributed by atoms with E-state index in [-0.39, 0.29) is 0 Å². The van der Waals surface area contributed by atoms with Gasteiger partial charge in [0.2, 0.25) is 0 Å². The first kappa shape index (κ1) is 18.7. The summed E-state index contributed by atoms with van der Waals surface area (Å²) >= 11 is 0. The molecular formula is C20H25N9O. The average Bonchev–Trinajstić information content (AvgIpc) is 3.34. The van der Waals surface area contributed by atoms with Crippen LogP contribution in [0.3, 0.4) is 0 Å². The van der Waals surface area contributed by atoms with Gasteiger partial charge in [0, 0.05) is 57.7 Å². The second-order valence-corrected chi connectivity index (χ2v) is 7.59. The van der Waals surface area contributed by atoms with Crippen LogP contribution in [-0.2, 0) is 11.3 Å². The zero-order valence-electron chi connectivity index (χ0n) is 17.5. The lowest BCUT2D eigenvalue weighted by molar-refractivity contribution is 0.188. The zero-order chi connectivity index (χ0) is 20.7. The standard InChI is InChI=1S/C20H25N9O/c1-14-11-17(29-16(24-14)10-15(2)25-29)26-4-6-27(7-5-26)19-18-20(22-12-21-19)28(13-23-18)8-9-30-3/h10-13H,4-9H2,1-3H3. The van der Waals surface area contributed by atoms with Gasteiger partial charge in [0.05, 0.1) is 18.6 Å². The number of hydrogen-bond donors (Lipinski definition) is 0. The van der Waals surface area contributed by atoms with E-state index in [1.807, 2.05) is 35.3 Å². The highest BCUT2D eigenvalue weighted by atomic mass is 16.5. The Morgan fingerprint density at radius 1 is 0.967 bits per heavy atom. The van der Waals surface area contributed by atoms with E-state index >= 15 is 0 Å². The third-order valence-electron chi connectivity index (χ3n) is 5.48. The molecule has 0 bridgehead atoms. The first-order chi connectivity index (χ1) is 14.6. The Kier molecular flexibility index (Phi) is 4.70. The number of hydrogen-bond acceptors (Lipinski definition) is 8. The maximum atomic E-state index is 5.19. The van der Waals surface area contributed by atoms with Crippen molar-refractivity contribution in [3.05, 3.63) is 36.2 Å². The van der Waals surface area contributed by atoms with Crippen LogP contribution in [0.5, 0.6) is 0 Å². The molecule has 30 heavy (non-hydrogen) atoms. The molecule has 5 heterocycles. The van der Waals surface area contributed by atoms with Crippen LogP contribution in [0, 0.1) is 13.8 Å². The topological polar surface area (TPSA) is 89.5 Å². The van der Waals surface area contributed by atoms with Crippen LogP contribution in [0.4, 0.5) is 11.6 Å². The van der Waals surface area contributed by atoms with Gasteiger partial charge >= 0.3 is 0 Å². The number of ether oxygens (including phenoxy) is 1. The molecule has 1 aliphatic rings. The van der Waals surface area contributed by atoms with E-state index in [4.69, 9.17) is 4.74 Å². The minimum Gasteiger partial charge on any atom is -0.383 e. The van der Waals surface area contributed by atoms with Crippen molar-refractivity contribution in [3.8, 4) is 0 Å². The van der Waals surface area contributed by atoms with Crippen LogP contribution in [0.25, 0.3) is 16.8 Å². The van der Waals surface area contributed by atoms with Crippen LogP contribution in [0.1, 0.15) is 11.4 Å². The molecule has 5 rings (SSSR count). The van der Waals surface area contributed by atoms with Gasteiger partial charge in [-0.1, -0.05) is 0 Å². The highest BCUT2D eigenvalue weighted by Gasteiger charge is 2.23. The molecule has 0 atom stereocenters. The van der Waals surface area contributed by atoms with Crippen molar-refractivity contribution < 1.29 is 4.74 Å². The molecule has 0 spiro atoms. The van der Waals surface area contributed by atoms with Crippen molar-refractivity contribution in [1.82, 2.24) is 34.1 Å². The van der Waals surface area contributed by atoms with Crippen LogP contribution >= 0.6 is 0 Å². The molecule has 4 aromatic heterocycles. The smallest absolute Gasteiger partial charge is 0.165 e. The van der Waals surface area contributed by atoms with Gasteiger partial charge < -0.3 is 19.1 Å². The van der Waals surface area contributed by atoms with Gasteiger partial charge in [0.15, 0.2) is 22.6 Å². The minimum absolute atomic E-state index is 0.621. The lowest BCUT2D eigenvalue weighted by Gasteiger charge is -2.36. The molecule has 1 aliphatic heterocycles. The third-order valence-corrected chi connectivity index (χ3v) is 5.48. The molecule has 1 saturated heterocycles. The van der Waals surface area contributed by atoms with Gasteiger partial charge in [-0.25, -0.2) is 19.9 Å². The zero-order valence-corrected chi connectivity index (χ0v) is 17.5. The molecule has 0 unspecified atom stereocenters. The fraction of sp³-hybridized carbons (Fsp3) is 0.450. The second-order valence-electron chi connectivity index (χ2n) is 7.59. The normalized spacial score (nSPS) is 14.9. The number of fused-ring (bicyclic) bond motifs is 2. The summed E-state index contributed by atoms with van der Waals surface area (Å²) < 4.78 is 9.14. The minimum atomic E-state index is 0.621. The summed E-state index contributed by atoms with van der Waals surface area (Å²) in [6, 6.07) is 4.12. The Morgan fingerprint density at radius 3 is 2.57 bits per heavy atom. The number of aryl methyl sites for hydroxylation is 2. The number of rotatable bonds is 5. The first-order valence-corrected chi connectivity index (χ1v) is 10.1. The highest BCUT2D eigenvalue weighted by Crippen LogP contribution is 2.25. The molecule has 0 amide bonds. The van der Waals surface area contributed by atoms with Crippen molar-refractivity contribution >= 4 is 28.4 Å². The maximum absolute atomic E-state index is 5.19. The van der Waals surface area contributed by atoms with Crippen molar-refractivity contribution in [2.24, 2.45) is 0 Å². The van der Waals surface area contributed by atoms with Crippen LogP contribution in [0.2, 0.25) is 0 Å². The van der Waals surface area contributed by atoms with E-state index in [0.717, 1.165) is 72.6 Å². The lowest BCUT2D eigenvalue weighted by atomic mass is 10.3. The number of nitrogens with zero attached hydrogens (tertiary/aromatic N) is 9. The molecule has 1 fully saturated rings. The van der Waals surface area contributed by atoms with E-state index in [2.05, 4.69) is 40.9 Å². The summed E-state index contributed by atoms with van der Waals surface area (Å²) in [6.45, 7) is 8.80. The second kappa shape index (κ2) is 7.52. The summed E-state index contributed by atoms with van der Waals surface area (Å²) in [5.74, 6) is 1.98. The van der Waals surface area contributed by atoms with Crippen molar-refractivity contribution in [2.45, 2.75) is 20.4 Å². The molecule has 0 radical (unpaired) electrons. The maximum Gasteiger partial charge on any atom is 0.165 e. The molecule has 156 valence electrons. The Morgan fingerprint density at radius 2 is 1.77 bits per heavy atom. The van der Waals surface area contributed by atoms with Crippen molar-refractivity contribution in [3.63, 3.8) is 0 Å². The first-order valence-electron chi connectivity index (χ1n) is 10.1. The van der Waals surface area contributed by atoms with E-state index in [0.29, 0.717) is 6.61 Å². The highest BCUT2D eigenvalue weighted by molar-refractivity contribution is 5.83. The average molecular weight is 407 g/mol. The van der Waals surface area contributed by atoms with E-state index in [1.54, 1.807) is 13.4 Å². The van der Waals surface area contributed by atoms with Crippen LogP contribution in [0.15, 0.2) is 24.8 Å². The summed E-state index contributed by atoms with van der Waals surface area (Å²) in [7, 11) is 1.70. The number of imidazole rings is 1. The largest absolute Gasteiger partial charge is 0.383 e. The van der Waals surface area contributed by atoms with Gasteiger partial charge in [0.1, 0.15) is 12.1 Å². The molecule has 0 saturated carbocycles.